The van der Waals surface area contributed by atoms with Crippen LogP contribution in [0.1, 0.15) is 27.7 Å². The van der Waals surface area contributed by atoms with Crippen LogP contribution in [0.15, 0.2) is 35.5 Å². The van der Waals surface area contributed by atoms with E-state index in [0.717, 1.165) is 6.08 Å². The van der Waals surface area contributed by atoms with Gasteiger partial charge in [-0.1, -0.05) is 32.9 Å². The monoisotopic (exact) mass is 362 g/mol. The molecule has 0 aromatic carbocycles. The third-order valence-electron chi connectivity index (χ3n) is 5.49. The molecule has 0 unspecified atom stereocenters. The van der Waals surface area contributed by atoms with E-state index in [1.807, 2.05) is 13.1 Å². The van der Waals surface area contributed by atoms with Crippen molar-refractivity contribution in [3.05, 3.63) is 35.5 Å². The van der Waals surface area contributed by atoms with Gasteiger partial charge in [0.2, 0.25) is 0 Å². The van der Waals surface area contributed by atoms with Gasteiger partial charge in [0, 0.05) is 5.57 Å². The molecule has 0 aromatic rings. The number of rotatable bonds is 3. The number of hydrogen-bond acceptors (Lipinski definition) is 5. The summed E-state index contributed by atoms with van der Waals surface area (Å²) in [5.74, 6) is -1.57. The molecule has 0 spiro atoms. The van der Waals surface area contributed by atoms with E-state index in [9.17, 15) is 14.4 Å². The molecule has 0 radical (unpaired) electrons. The molecule has 136 valence electrons. The topological polar surface area (TPSA) is 69.7 Å². The summed E-state index contributed by atoms with van der Waals surface area (Å²) in [4.78, 5) is 38.3. The van der Waals surface area contributed by atoms with E-state index in [-0.39, 0.29) is 16.4 Å². The molecule has 0 heterocycles. The van der Waals surface area contributed by atoms with E-state index < -0.39 is 31.6 Å². The van der Waals surface area contributed by atoms with Gasteiger partial charge in [-0.05, 0) is 42.8 Å². The third kappa shape index (κ3) is 2.87. The molecule has 0 amide bonds. The zero-order valence-corrected chi connectivity index (χ0v) is 16.9. The van der Waals surface area contributed by atoms with E-state index in [0.29, 0.717) is 5.57 Å². The number of allylic oxidation sites excluding steroid dienone is 4. The Labute approximate surface area is 149 Å². The summed E-state index contributed by atoms with van der Waals surface area (Å²) in [6.07, 6.45) is 4.97. The molecule has 5 nitrogen and oxygen atoms in total. The van der Waals surface area contributed by atoms with Crippen LogP contribution in [0.2, 0.25) is 18.1 Å². The first kappa shape index (κ1) is 19.5. The fourth-order valence-corrected chi connectivity index (χ4v) is 4.28. The molecule has 0 aliphatic heterocycles. The lowest BCUT2D eigenvalue weighted by Crippen LogP contribution is -2.58. The van der Waals surface area contributed by atoms with Crippen molar-refractivity contribution in [2.45, 2.75) is 51.9 Å². The fraction of sp³-hybridized carbons (Fsp3) is 0.526. The molecule has 6 heteroatoms. The molecule has 0 bridgehead atoms. The van der Waals surface area contributed by atoms with Crippen LogP contribution in [-0.4, -0.2) is 39.1 Å². The van der Waals surface area contributed by atoms with Crippen molar-refractivity contribution in [1.29, 1.82) is 0 Å². The average molecular weight is 362 g/mol. The first-order valence-electron chi connectivity index (χ1n) is 8.32. The van der Waals surface area contributed by atoms with Gasteiger partial charge in [0.05, 0.1) is 13.2 Å². The molecule has 2 aliphatic rings. The highest BCUT2D eigenvalue weighted by molar-refractivity contribution is 6.74. The fourth-order valence-electron chi connectivity index (χ4n) is 3.03. The minimum absolute atomic E-state index is 0.119. The van der Waals surface area contributed by atoms with Crippen molar-refractivity contribution in [3.8, 4) is 0 Å². The lowest BCUT2D eigenvalue weighted by molar-refractivity contribution is -0.160. The molecular formula is C19H26O5Si. The maximum atomic E-state index is 12.9. The van der Waals surface area contributed by atoms with Crippen LogP contribution in [0, 0.1) is 5.41 Å². The van der Waals surface area contributed by atoms with Crippen LogP contribution < -0.4 is 0 Å². The minimum Gasteiger partial charge on any atom is -0.468 e. The zero-order chi connectivity index (χ0) is 19.2. The van der Waals surface area contributed by atoms with Gasteiger partial charge in [-0.2, -0.15) is 0 Å². The van der Waals surface area contributed by atoms with Crippen LogP contribution >= 0.6 is 0 Å². The highest BCUT2D eigenvalue weighted by Crippen LogP contribution is 2.47. The number of ether oxygens (including phenoxy) is 1. The quantitative estimate of drug-likeness (QED) is 0.438. The van der Waals surface area contributed by atoms with E-state index in [1.165, 1.54) is 13.2 Å². The second kappa shape index (κ2) is 6.18. The van der Waals surface area contributed by atoms with Gasteiger partial charge in [-0.25, -0.2) is 0 Å². The Kier molecular flexibility index (Phi) is 4.83. The molecule has 0 aromatic heterocycles. The summed E-state index contributed by atoms with van der Waals surface area (Å²) < 4.78 is 11.4. The van der Waals surface area contributed by atoms with Gasteiger partial charge in [0.1, 0.15) is 0 Å². The summed E-state index contributed by atoms with van der Waals surface area (Å²) in [5, 5.41) is -0.119. The molecule has 0 fully saturated rings. The van der Waals surface area contributed by atoms with Crippen molar-refractivity contribution in [1.82, 2.24) is 0 Å². The van der Waals surface area contributed by atoms with Gasteiger partial charge in [-0.15, -0.1) is 0 Å². The van der Waals surface area contributed by atoms with Crippen molar-refractivity contribution >= 4 is 25.9 Å². The van der Waals surface area contributed by atoms with E-state index in [2.05, 4.69) is 20.8 Å². The van der Waals surface area contributed by atoms with Crippen molar-refractivity contribution < 1.29 is 23.5 Å². The molecule has 2 atom stereocenters. The van der Waals surface area contributed by atoms with Crippen LogP contribution in [0.5, 0.6) is 0 Å². The Hall–Kier alpha value is -1.79. The van der Waals surface area contributed by atoms with Gasteiger partial charge in [-0.3, -0.25) is 14.4 Å². The SMILES string of the molecule is COC(=O)[C@]12C(=O)C=CC(=O)C1=C(C)C=C[C@H]2O[Si](C)(C)C(C)(C)C. The Morgan fingerprint density at radius 2 is 1.76 bits per heavy atom. The normalized spacial score (nSPS) is 26.8. The van der Waals surface area contributed by atoms with E-state index in [4.69, 9.17) is 9.16 Å². The second-order valence-electron chi connectivity index (χ2n) is 8.08. The van der Waals surface area contributed by atoms with Gasteiger partial charge >= 0.3 is 5.97 Å². The van der Waals surface area contributed by atoms with Crippen molar-refractivity contribution in [2.75, 3.05) is 7.11 Å². The number of methoxy groups -OCH3 is 1. The highest BCUT2D eigenvalue weighted by Gasteiger charge is 2.61. The first-order chi connectivity index (χ1) is 11.4. The lowest BCUT2D eigenvalue weighted by Gasteiger charge is -2.46. The maximum Gasteiger partial charge on any atom is 0.327 e. The van der Waals surface area contributed by atoms with Gasteiger partial charge in [0.15, 0.2) is 25.3 Å². The molecule has 0 N–H and O–H groups in total. The third-order valence-corrected chi connectivity index (χ3v) is 9.95. The molecule has 0 saturated carbocycles. The number of carbonyl (C=O) groups excluding carboxylic acids is 3. The largest absolute Gasteiger partial charge is 0.468 e. The molecular weight excluding hydrogens is 336 g/mol. The highest BCUT2D eigenvalue weighted by atomic mass is 28.4. The van der Waals surface area contributed by atoms with E-state index >= 15 is 0 Å². The van der Waals surface area contributed by atoms with Crippen molar-refractivity contribution in [3.63, 3.8) is 0 Å². The molecule has 25 heavy (non-hydrogen) atoms. The van der Waals surface area contributed by atoms with Crippen LogP contribution in [0.3, 0.4) is 0 Å². The molecule has 2 aliphatic carbocycles. The molecule has 0 saturated heterocycles. The van der Waals surface area contributed by atoms with Crippen LogP contribution in [0.25, 0.3) is 0 Å². The minimum atomic E-state index is -2.32. The van der Waals surface area contributed by atoms with Crippen LogP contribution in [0.4, 0.5) is 0 Å². The number of hydrogen-bond donors (Lipinski definition) is 0. The Bertz CT molecular complexity index is 721. The zero-order valence-electron chi connectivity index (χ0n) is 15.9. The van der Waals surface area contributed by atoms with Gasteiger partial charge in [0.25, 0.3) is 0 Å². The average Bonchev–Trinajstić information content (AvgIpc) is 2.50. The number of esters is 1. The summed E-state index contributed by atoms with van der Waals surface area (Å²) in [5.41, 5.74) is -1.00. The Morgan fingerprint density at radius 1 is 1.16 bits per heavy atom. The van der Waals surface area contributed by atoms with Crippen LogP contribution in [-0.2, 0) is 23.5 Å². The summed E-state index contributed by atoms with van der Waals surface area (Å²) in [6, 6.07) is 0. The summed E-state index contributed by atoms with van der Waals surface area (Å²) in [7, 11) is -1.09. The number of carbonyl (C=O) groups is 3. The van der Waals surface area contributed by atoms with E-state index in [1.54, 1.807) is 19.1 Å². The predicted molar refractivity (Wildman–Crippen MR) is 97.5 cm³/mol. The Balaban J connectivity index is 2.68. The number of fused-ring (bicyclic) bond motifs is 1. The number of ketones is 2. The lowest BCUT2D eigenvalue weighted by atomic mass is 9.64. The Morgan fingerprint density at radius 3 is 2.28 bits per heavy atom. The second-order valence-corrected chi connectivity index (χ2v) is 12.8. The standard InChI is InChI=1S/C19H26O5Si/c1-12-8-11-15(24-25(6,7)18(2,3)4)19(17(22)23-5)14(21)10-9-13(20)16(12)19/h8-11,15H,1-7H3/t15-,19+/m1/s1. The molecule has 2 rings (SSSR count). The van der Waals surface area contributed by atoms with Crippen molar-refractivity contribution in [2.24, 2.45) is 5.41 Å². The summed E-state index contributed by atoms with van der Waals surface area (Å²) in [6.45, 7) is 12.0. The maximum absolute atomic E-state index is 12.9. The smallest absolute Gasteiger partial charge is 0.327 e. The first-order valence-corrected chi connectivity index (χ1v) is 11.2. The van der Waals surface area contributed by atoms with Gasteiger partial charge < -0.3 is 9.16 Å². The predicted octanol–water partition coefficient (Wildman–Crippen LogP) is 3.13. The summed E-state index contributed by atoms with van der Waals surface area (Å²) >= 11 is 0.